The van der Waals surface area contributed by atoms with Crippen molar-refractivity contribution in [3.8, 4) is 17.7 Å². The molecule has 1 aromatic carbocycles. The van der Waals surface area contributed by atoms with E-state index < -0.39 is 23.3 Å². The molecule has 2 fully saturated rings. The second kappa shape index (κ2) is 8.51. The van der Waals surface area contributed by atoms with Crippen molar-refractivity contribution < 1.29 is 22.3 Å². The molecule has 3 aromatic rings. The lowest BCUT2D eigenvalue weighted by Crippen LogP contribution is -2.49. The highest BCUT2D eigenvalue weighted by molar-refractivity contribution is 5.46. The zero-order valence-electron chi connectivity index (χ0n) is 19.6. The quantitative estimate of drug-likeness (QED) is 0.528. The number of fused-ring (bicyclic) bond motifs is 2. The Morgan fingerprint density at radius 3 is 2.40 bits per heavy atom. The smallest absolute Gasteiger partial charge is 0.416 e. The van der Waals surface area contributed by atoms with E-state index in [-0.39, 0.29) is 24.0 Å². The van der Waals surface area contributed by atoms with Gasteiger partial charge in [-0.2, -0.15) is 27.9 Å². The molecule has 2 bridgehead atoms. The molecule has 0 amide bonds. The molecular formula is C23H27F4N7O. The van der Waals surface area contributed by atoms with Gasteiger partial charge in [0.1, 0.15) is 5.82 Å². The minimum Gasteiger partial charge on any atom is -0.421 e. The Hall–Kier alpha value is -3.15. The Morgan fingerprint density at radius 2 is 1.77 bits per heavy atom. The van der Waals surface area contributed by atoms with Gasteiger partial charge in [0.2, 0.25) is 0 Å². The third-order valence-electron chi connectivity index (χ3n) is 6.77. The van der Waals surface area contributed by atoms with Crippen LogP contribution in [0, 0.1) is 24.6 Å². The number of hydrogen-bond acceptors (Lipinski definition) is 6. The lowest BCUT2D eigenvalue weighted by atomic mass is 9.93. The molecular weight excluding hydrogens is 466 g/mol. The molecule has 1 saturated carbocycles. The first kappa shape index (κ1) is 23.6. The zero-order chi connectivity index (χ0) is 25.1. The summed E-state index contributed by atoms with van der Waals surface area (Å²) in [6, 6.07) is 3.75. The molecule has 12 heteroatoms. The van der Waals surface area contributed by atoms with Crippen LogP contribution in [0.4, 0.5) is 23.4 Å². The summed E-state index contributed by atoms with van der Waals surface area (Å²) >= 11 is 0. The van der Waals surface area contributed by atoms with Gasteiger partial charge in [0.05, 0.1) is 17.3 Å². The molecule has 0 radical (unpaired) electrons. The molecule has 1 saturated heterocycles. The molecule has 0 spiro atoms. The first-order valence-corrected chi connectivity index (χ1v) is 11.6. The van der Waals surface area contributed by atoms with Crippen molar-refractivity contribution in [1.82, 2.24) is 24.5 Å². The van der Waals surface area contributed by atoms with Gasteiger partial charge in [-0.15, -0.1) is 5.10 Å². The largest absolute Gasteiger partial charge is 0.421 e. The summed E-state index contributed by atoms with van der Waals surface area (Å²) in [7, 11) is 0. The van der Waals surface area contributed by atoms with Crippen molar-refractivity contribution >= 4 is 5.82 Å². The molecule has 2 atom stereocenters. The van der Waals surface area contributed by atoms with Crippen LogP contribution in [0.15, 0.2) is 24.3 Å². The van der Waals surface area contributed by atoms with Crippen molar-refractivity contribution in [2.45, 2.75) is 51.9 Å². The monoisotopic (exact) mass is 493 g/mol. The summed E-state index contributed by atoms with van der Waals surface area (Å²) in [6.45, 7) is 7.08. The van der Waals surface area contributed by atoms with E-state index in [1.165, 1.54) is 4.68 Å². The van der Waals surface area contributed by atoms with E-state index in [0.29, 0.717) is 24.0 Å². The summed E-state index contributed by atoms with van der Waals surface area (Å²) in [6.07, 6.45) is -2.45. The number of benzene rings is 1. The van der Waals surface area contributed by atoms with Crippen molar-refractivity contribution in [3.05, 3.63) is 41.3 Å². The fourth-order valence-electron chi connectivity index (χ4n) is 4.96. The van der Waals surface area contributed by atoms with Crippen LogP contribution < -0.4 is 15.4 Å². The van der Waals surface area contributed by atoms with Crippen LogP contribution in [0.25, 0.3) is 5.95 Å². The van der Waals surface area contributed by atoms with E-state index in [9.17, 15) is 17.6 Å². The van der Waals surface area contributed by atoms with Crippen LogP contribution in [-0.2, 0) is 6.18 Å². The molecule has 2 N–H and O–H groups in total. The van der Waals surface area contributed by atoms with Crippen LogP contribution in [0.3, 0.4) is 0 Å². The van der Waals surface area contributed by atoms with Crippen molar-refractivity contribution in [3.63, 3.8) is 0 Å². The molecule has 188 valence electrons. The molecule has 2 aliphatic rings. The van der Waals surface area contributed by atoms with Crippen molar-refractivity contribution in [2.75, 3.05) is 18.0 Å². The second-order valence-electron chi connectivity index (χ2n) is 9.61. The Morgan fingerprint density at radius 1 is 1.09 bits per heavy atom. The normalized spacial score (nSPS) is 22.3. The molecule has 3 heterocycles. The topological polar surface area (TPSA) is 87.0 Å². The Labute approximate surface area is 199 Å². The predicted molar refractivity (Wildman–Crippen MR) is 120 cm³/mol. The standard InChI is InChI=1S/C23H27F4N7O/c1-12(2)33-22(35-18-9-16(23(25,26)27)6-7-17(18)24)29-21(31-33)34-19(8-13(3)30-34)32-10-14-4-5-15(11-32)20(14)28/h6-9,12,14-15,20H,4-5,10-11,28H2,1-3H3. The lowest BCUT2D eigenvalue weighted by molar-refractivity contribution is -0.137. The summed E-state index contributed by atoms with van der Waals surface area (Å²) < 4.78 is 62.3. The Kier molecular flexibility index (Phi) is 5.73. The molecule has 2 aromatic heterocycles. The number of halogens is 4. The molecule has 35 heavy (non-hydrogen) atoms. The van der Waals surface area contributed by atoms with Crippen LogP contribution in [0.2, 0.25) is 0 Å². The van der Waals surface area contributed by atoms with Crippen LogP contribution in [0.1, 0.15) is 44.0 Å². The van der Waals surface area contributed by atoms with E-state index in [1.807, 2.05) is 26.8 Å². The average molecular weight is 494 g/mol. The molecule has 1 aliphatic carbocycles. The minimum atomic E-state index is -4.64. The van der Waals surface area contributed by atoms with E-state index in [2.05, 4.69) is 20.1 Å². The van der Waals surface area contributed by atoms with E-state index in [1.54, 1.807) is 4.68 Å². The number of nitrogens with two attached hydrogens (primary N) is 1. The van der Waals surface area contributed by atoms with Crippen LogP contribution in [0.5, 0.6) is 11.8 Å². The third-order valence-corrected chi connectivity index (χ3v) is 6.77. The number of aryl methyl sites for hydroxylation is 1. The van der Waals surface area contributed by atoms with Gasteiger partial charge in [-0.05, 0) is 63.6 Å². The fraction of sp³-hybridized carbons (Fsp3) is 0.522. The maximum atomic E-state index is 14.3. The number of nitrogens with zero attached hydrogens (tertiary/aromatic N) is 6. The highest BCUT2D eigenvalue weighted by atomic mass is 19.4. The number of alkyl halides is 3. The van der Waals surface area contributed by atoms with E-state index >= 15 is 0 Å². The van der Waals surface area contributed by atoms with Gasteiger partial charge in [0.25, 0.3) is 5.95 Å². The minimum absolute atomic E-state index is 0.131. The summed E-state index contributed by atoms with van der Waals surface area (Å²) in [5.74, 6) is 0.283. The first-order valence-electron chi connectivity index (χ1n) is 11.6. The number of anilines is 1. The van der Waals surface area contributed by atoms with Crippen LogP contribution >= 0.6 is 0 Å². The predicted octanol–water partition coefficient (Wildman–Crippen LogP) is 4.48. The van der Waals surface area contributed by atoms with E-state index in [4.69, 9.17) is 10.5 Å². The number of ether oxygens (including phenoxy) is 1. The average Bonchev–Trinajstić information content (AvgIpc) is 3.42. The second-order valence-corrected chi connectivity index (χ2v) is 9.61. The summed E-state index contributed by atoms with van der Waals surface area (Å²) in [4.78, 5) is 6.63. The van der Waals surface area contributed by atoms with Gasteiger partial charge in [-0.1, -0.05) is 0 Å². The fourth-order valence-corrected chi connectivity index (χ4v) is 4.96. The van der Waals surface area contributed by atoms with Crippen molar-refractivity contribution in [1.29, 1.82) is 0 Å². The number of rotatable bonds is 5. The highest BCUT2D eigenvalue weighted by Crippen LogP contribution is 2.38. The Balaban J connectivity index is 1.50. The summed E-state index contributed by atoms with van der Waals surface area (Å²) in [5, 5.41) is 9.06. The number of piperidine rings is 1. The molecule has 2 unspecified atom stereocenters. The van der Waals surface area contributed by atoms with Gasteiger partial charge in [-0.3, -0.25) is 0 Å². The van der Waals surface area contributed by atoms with Gasteiger partial charge in [0, 0.05) is 25.2 Å². The van der Waals surface area contributed by atoms with Gasteiger partial charge in [-0.25, -0.2) is 9.07 Å². The number of hydrogen-bond donors (Lipinski definition) is 1. The van der Waals surface area contributed by atoms with E-state index in [0.717, 1.165) is 43.5 Å². The SMILES string of the molecule is Cc1cc(N2CC3CCC(C2)C3N)n(-c2nc(Oc3cc(C(F)(F)F)ccc3F)n(C(C)C)n2)n1. The maximum absolute atomic E-state index is 14.3. The van der Waals surface area contributed by atoms with Crippen molar-refractivity contribution in [2.24, 2.45) is 17.6 Å². The summed E-state index contributed by atoms with van der Waals surface area (Å²) in [5.41, 5.74) is 6.10. The molecule has 8 nitrogen and oxygen atoms in total. The van der Waals surface area contributed by atoms with Gasteiger partial charge in [0.15, 0.2) is 11.6 Å². The maximum Gasteiger partial charge on any atom is 0.416 e. The number of aromatic nitrogens is 5. The zero-order valence-corrected chi connectivity index (χ0v) is 19.6. The van der Waals surface area contributed by atoms with Gasteiger partial charge >= 0.3 is 12.2 Å². The Bertz CT molecular complexity index is 1220. The highest BCUT2D eigenvalue weighted by Gasteiger charge is 2.41. The lowest BCUT2D eigenvalue weighted by Gasteiger charge is -2.37. The first-order chi connectivity index (χ1) is 16.5. The van der Waals surface area contributed by atoms with Crippen LogP contribution in [-0.4, -0.2) is 43.7 Å². The molecule has 5 rings (SSSR count). The molecule has 1 aliphatic heterocycles. The van der Waals surface area contributed by atoms with Gasteiger partial charge < -0.3 is 15.4 Å². The third kappa shape index (κ3) is 4.35.